The van der Waals surface area contributed by atoms with E-state index in [0.29, 0.717) is 16.3 Å². The Balaban J connectivity index is 2.18. The lowest BCUT2D eigenvalue weighted by molar-refractivity contribution is 0.835. The summed E-state index contributed by atoms with van der Waals surface area (Å²) in [5.74, 6) is 2.49. The molecule has 0 radical (unpaired) electrons. The Morgan fingerprint density at radius 3 is 2.52 bits per heavy atom. The van der Waals surface area contributed by atoms with Gasteiger partial charge in [-0.25, -0.2) is 4.68 Å². The van der Waals surface area contributed by atoms with Gasteiger partial charge in [-0.05, 0) is 31.2 Å². The number of aryl methyl sites for hydroxylation is 1. The molecule has 0 saturated carbocycles. The maximum absolute atomic E-state index is 13.0. The van der Waals surface area contributed by atoms with Gasteiger partial charge in [0, 0.05) is 16.3 Å². The zero-order chi connectivity index (χ0) is 17.8. The number of terminal acetylenes is 1. The maximum atomic E-state index is 13.0. The van der Waals surface area contributed by atoms with Crippen molar-refractivity contribution in [1.82, 2.24) is 9.78 Å². The molecule has 1 N–H and O–H groups in total. The summed E-state index contributed by atoms with van der Waals surface area (Å²) in [6, 6.07) is 16.6. The quantitative estimate of drug-likeness (QED) is 0.568. The summed E-state index contributed by atoms with van der Waals surface area (Å²) in [5, 5.41) is 3.73. The van der Waals surface area contributed by atoms with Crippen LogP contribution < -0.4 is 5.56 Å². The Hall–Kier alpha value is -3.03. The molecule has 0 bridgehead atoms. The molecule has 25 heavy (non-hydrogen) atoms. The highest BCUT2D eigenvalue weighted by Crippen LogP contribution is 2.16. The largest absolute Gasteiger partial charge is 0.295 e. The fourth-order valence-electron chi connectivity index (χ4n) is 2.63. The normalized spacial score (nSPS) is 11.3. The van der Waals surface area contributed by atoms with E-state index in [0.717, 1.165) is 16.9 Å². The molecular weight excluding hydrogens is 334 g/mol. The zero-order valence-corrected chi connectivity index (χ0v) is 14.4. The average molecular weight is 350 g/mol. The van der Waals surface area contributed by atoms with Gasteiger partial charge in [0.2, 0.25) is 0 Å². The smallest absolute Gasteiger partial charge is 0.280 e. The van der Waals surface area contributed by atoms with Crippen LogP contribution in [0, 0.1) is 19.3 Å². The number of para-hydroxylation sites is 1. The molecule has 1 aromatic heterocycles. The summed E-state index contributed by atoms with van der Waals surface area (Å²) < 4.78 is 1.51. The van der Waals surface area contributed by atoms with Crippen molar-refractivity contribution in [2.45, 2.75) is 6.92 Å². The lowest BCUT2D eigenvalue weighted by Crippen LogP contribution is -2.21. The van der Waals surface area contributed by atoms with Crippen molar-refractivity contribution in [2.24, 2.45) is 4.99 Å². The van der Waals surface area contributed by atoms with Crippen LogP contribution in [-0.2, 0) is 0 Å². The van der Waals surface area contributed by atoms with E-state index in [-0.39, 0.29) is 12.1 Å². The molecule has 124 valence electrons. The van der Waals surface area contributed by atoms with Crippen LogP contribution >= 0.6 is 11.6 Å². The molecule has 0 fully saturated rings. The molecule has 0 aliphatic heterocycles. The zero-order valence-electron chi connectivity index (χ0n) is 13.7. The minimum Gasteiger partial charge on any atom is -0.295 e. The molecule has 0 aliphatic rings. The third-order valence-electron chi connectivity index (χ3n) is 3.77. The second kappa shape index (κ2) is 7.25. The van der Waals surface area contributed by atoms with E-state index in [9.17, 15) is 4.79 Å². The van der Waals surface area contributed by atoms with Crippen molar-refractivity contribution in [3.63, 3.8) is 0 Å². The van der Waals surface area contributed by atoms with Crippen molar-refractivity contribution >= 4 is 17.3 Å². The van der Waals surface area contributed by atoms with E-state index in [2.05, 4.69) is 16.0 Å². The van der Waals surface area contributed by atoms with Crippen LogP contribution in [0.15, 0.2) is 64.4 Å². The van der Waals surface area contributed by atoms with Crippen LogP contribution in [0.5, 0.6) is 0 Å². The van der Waals surface area contributed by atoms with Gasteiger partial charge in [0.15, 0.2) is 0 Å². The summed E-state index contributed by atoms with van der Waals surface area (Å²) >= 11 is 5.97. The topological polar surface area (TPSA) is 50.1 Å². The summed E-state index contributed by atoms with van der Waals surface area (Å²) in [6.45, 7) is 2.03. The highest BCUT2D eigenvalue weighted by molar-refractivity contribution is 6.30. The molecule has 0 amide bonds. The van der Waals surface area contributed by atoms with Gasteiger partial charge in [0.1, 0.15) is 6.54 Å². The van der Waals surface area contributed by atoms with Gasteiger partial charge in [0.25, 0.3) is 5.56 Å². The molecule has 3 rings (SSSR count). The third-order valence-corrected chi connectivity index (χ3v) is 4.02. The van der Waals surface area contributed by atoms with E-state index in [1.54, 1.807) is 12.1 Å². The second-order valence-corrected chi connectivity index (χ2v) is 5.90. The van der Waals surface area contributed by atoms with Gasteiger partial charge >= 0.3 is 0 Å². The van der Waals surface area contributed by atoms with E-state index in [1.165, 1.54) is 4.68 Å². The first-order chi connectivity index (χ1) is 12.1. The Bertz CT molecular complexity index is 1010. The Morgan fingerprint density at radius 1 is 1.20 bits per heavy atom. The minimum absolute atomic E-state index is 0.172. The molecule has 4 nitrogen and oxygen atoms in total. The highest BCUT2D eigenvalue weighted by atomic mass is 35.5. The van der Waals surface area contributed by atoms with E-state index in [4.69, 9.17) is 18.0 Å². The molecule has 0 spiro atoms. The highest BCUT2D eigenvalue weighted by Gasteiger charge is 2.19. The fraction of sp³-hybridized carbons (Fsp3) is 0.100. The molecular formula is C20H16ClN3O. The van der Waals surface area contributed by atoms with Crippen LogP contribution in [0.1, 0.15) is 16.8 Å². The van der Waals surface area contributed by atoms with Crippen LogP contribution in [0.2, 0.25) is 5.02 Å². The number of halogens is 1. The average Bonchev–Trinajstić information content (AvgIpc) is 2.92. The van der Waals surface area contributed by atoms with Crippen molar-refractivity contribution < 1.29 is 0 Å². The SMILES string of the molecule is C#CCN=C(c1ccc(Cl)cc1)c1c(C)[nH]n(-c2ccccc2)c1=O. The monoisotopic (exact) mass is 349 g/mol. The number of aliphatic imine (C=N–C) groups is 1. The van der Waals surface area contributed by atoms with Gasteiger partial charge in [-0.1, -0.05) is 47.9 Å². The molecule has 0 saturated heterocycles. The van der Waals surface area contributed by atoms with E-state index in [1.807, 2.05) is 49.4 Å². The molecule has 1 heterocycles. The maximum Gasteiger partial charge on any atom is 0.280 e. The number of nitrogens with zero attached hydrogens (tertiary/aromatic N) is 2. The Morgan fingerprint density at radius 2 is 1.88 bits per heavy atom. The summed E-state index contributed by atoms with van der Waals surface area (Å²) in [7, 11) is 0. The number of nitrogens with one attached hydrogen (secondary N) is 1. The van der Waals surface area contributed by atoms with Gasteiger partial charge in [-0.2, -0.15) is 0 Å². The molecule has 2 aromatic carbocycles. The predicted molar refractivity (Wildman–Crippen MR) is 102 cm³/mol. The first-order valence-electron chi connectivity index (χ1n) is 7.73. The van der Waals surface area contributed by atoms with Crippen LogP contribution in [0.25, 0.3) is 5.69 Å². The van der Waals surface area contributed by atoms with Crippen LogP contribution in [0.4, 0.5) is 0 Å². The van der Waals surface area contributed by atoms with Crippen LogP contribution in [-0.4, -0.2) is 22.0 Å². The van der Waals surface area contributed by atoms with Crippen molar-refractivity contribution in [2.75, 3.05) is 6.54 Å². The van der Waals surface area contributed by atoms with Gasteiger partial charge in [0.05, 0.1) is 17.0 Å². The number of rotatable bonds is 4. The van der Waals surface area contributed by atoms with Crippen LogP contribution in [0.3, 0.4) is 0 Å². The molecule has 0 aliphatic carbocycles. The molecule has 0 unspecified atom stereocenters. The van der Waals surface area contributed by atoms with Crippen molar-refractivity contribution in [1.29, 1.82) is 0 Å². The number of hydrogen-bond acceptors (Lipinski definition) is 2. The minimum atomic E-state index is -0.172. The predicted octanol–water partition coefficient (Wildman–Crippen LogP) is 3.60. The number of benzene rings is 2. The van der Waals surface area contributed by atoms with Gasteiger partial charge < -0.3 is 0 Å². The Labute approximate surface area is 150 Å². The first-order valence-corrected chi connectivity index (χ1v) is 8.11. The van der Waals surface area contributed by atoms with E-state index >= 15 is 0 Å². The summed E-state index contributed by atoms with van der Waals surface area (Å²) in [4.78, 5) is 17.5. The van der Waals surface area contributed by atoms with E-state index < -0.39 is 0 Å². The first kappa shape index (κ1) is 16.8. The lowest BCUT2D eigenvalue weighted by atomic mass is 10.0. The third kappa shape index (κ3) is 3.42. The Kier molecular flexibility index (Phi) is 4.87. The molecule has 5 heteroatoms. The lowest BCUT2D eigenvalue weighted by Gasteiger charge is -2.05. The van der Waals surface area contributed by atoms with Gasteiger partial charge in [-0.3, -0.25) is 14.9 Å². The second-order valence-electron chi connectivity index (χ2n) is 5.46. The number of hydrogen-bond donors (Lipinski definition) is 1. The summed E-state index contributed by atoms with van der Waals surface area (Å²) in [5.41, 5.74) is 3.16. The summed E-state index contributed by atoms with van der Waals surface area (Å²) in [6.07, 6.45) is 5.36. The molecule has 0 atom stereocenters. The fourth-order valence-corrected chi connectivity index (χ4v) is 2.76. The number of aromatic amines is 1. The number of H-pyrrole nitrogens is 1. The number of aromatic nitrogens is 2. The standard InChI is InChI=1S/C20H16ClN3O/c1-3-13-22-19(15-9-11-16(21)12-10-15)18-14(2)23-24(20(18)25)17-7-5-4-6-8-17/h1,4-12,23H,13H2,2H3. The van der Waals surface area contributed by atoms with Gasteiger partial charge in [-0.15, -0.1) is 6.42 Å². The molecule has 3 aromatic rings. The van der Waals surface area contributed by atoms with Crippen molar-refractivity contribution in [3.8, 4) is 18.0 Å². The van der Waals surface area contributed by atoms with Crippen molar-refractivity contribution in [3.05, 3.63) is 86.8 Å².